The SMILES string of the molecule is Cc1c(O)cc2c3c1OP(=O)(O2)O3. The first-order valence-corrected chi connectivity index (χ1v) is 5.10. The molecular formula is C7H5O5P. The molecule has 0 saturated heterocycles. The van der Waals surface area contributed by atoms with E-state index in [-0.39, 0.29) is 11.5 Å². The highest BCUT2D eigenvalue weighted by molar-refractivity contribution is 7.50. The van der Waals surface area contributed by atoms with Crippen LogP contribution in [0.3, 0.4) is 0 Å². The maximum atomic E-state index is 11.4. The number of phenolic OH excluding ortho intramolecular Hbond substituents is 1. The predicted molar refractivity (Wildman–Crippen MR) is 42.3 cm³/mol. The first-order chi connectivity index (χ1) is 6.09. The van der Waals surface area contributed by atoms with Crippen LogP contribution in [0.25, 0.3) is 0 Å². The monoisotopic (exact) mass is 200 g/mol. The summed E-state index contributed by atoms with van der Waals surface area (Å²) in [4.78, 5) is 0. The van der Waals surface area contributed by atoms with E-state index in [1.807, 2.05) is 0 Å². The van der Waals surface area contributed by atoms with Gasteiger partial charge >= 0.3 is 7.82 Å². The van der Waals surface area contributed by atoms with Crippen molar-refractivity contribution < 1.29 is 23.2 Å². The Labute approximate surface area is 73.5 Å². The van der Waals surface area contributed by atoms with Crippen LogP contribution in [0.2, 0.25) is 0 Å². The summed E-state index contributed by atoms with van der Waals surface area (Å²) in [5.74, 6) is 0.987. The zero-order chi connectivity index (χ0) is 9.22. The molecule has 0 aromatic heterocycles. The van der Waals surface area contributed by atoms with Gasteiger partial charge in [-0.3, -0.25) is 0 Å². The molecule has 1 aromatic rings. The minimum absolute atomic E-state index is 0.0468. The molecule has 0 fully saturated rings. The molecule has 1 N–H and O–H groups in total. The molecule has 13 heavy (non-hydrogen) atoms. The van der Waals surface area contributed by atoms with E-state index in [0.717, 1.165) is 0 Å². The van der Waals surface area contributed by atoms with E-state index in [9.17, 15) is 9.67 Å². The van der Waals surface area contributed by atoms with E-state index in [0.29, 0.717) is 17.1 Å². The summed E-state index contributed by atoms with van der Waals surface area (Å²) < 4.78 is 26.1. The summed E-state index contributed by atoms with van der Waals surface area (Å²) in [6.07, 6.45) is 0. The Morgan fingerprint density at radius 2 is 2.00 bits per heavy atom. The van der Waals surface area contributed by atoms with Crippen LogP contribution in [-0.2, 0) is 4.57 Å². The molecule has 2 heterocycles. The third kappa shape index (κ3) is 0.704. The molecular weight excluding hydrogens is 195 g/mol. The van der Waals surface area contributed by atoms with Gasteiger partial charge in [0.15, 0.2) is 11.5 Å². The van der Waals surface area contributed by atoms with Gasteiger partial charge in [-0.15, -0.1) is 0 Å². The topological polar surface area (TPSA) is 65.0 Å². The van der Waals surface area contributed by atoms with Crippen molar-refractivity contribution in [3.05, 3.63) is 11.6 Å². The van der Waals surface area contributed by atoms with Crippen LogP contribution in [0.1, 0.15) is 5.56 Å². The lowest BCUT2D eigenvalue weighted by Gasteiger charge is -2.11. The van der Waals surface area contributed by atoms with Crippen molar-refractivity contribution in [3.63, 3.8) is 0 Å². The number of aromatic hydroxyl groups is 1. The molecule has 0 spiro atoms. The summed E-state index contributed by atoms with van der Waals surface area (Å²) in [6.45, 7) is 1.66. The van der Waals surface area contributed by atoms with Crippen molar-refractivity contribution in [3.8, 4) is 23.0 Å². The van der Waals surface area contributed by atoms with Crippen LogP contribution in [0.5, 0.6) is 23.0 Å². The van der Waals surface area contributed by atoms with Crippen molar-refractivity contribution in [2.45, 2.75) is 6.92 Å². The first kappa shape index (κ1) is 7.09. The normalized spacial score (nSPS) is 26.5. The number of rotatable bonds is 0. The van der Waals surface area contributed by atoms with Crippen molar-refractivity contribution in [2.75, 3.05) is 0 Å². The molecule has 1 atom stereocenters. The fourth-order valence-corrected chi connectivity index (χ4v) is 2.69. The second-order valence-corrected chi connectivity index (χ2v) is 4.34. The molecule has 2 aliphatic rings. The number of fused-ring (bicyclic) bond motifs is 1. The van der Waals surface area contributed by atoms with Gasteiger partial charge in [0, 0.05) is 11.6 Å². The minimum Gasteiger partial charge on any atom is -0.507 e. The summed E-state index contributed by atoms with van der Waals surface area (Å²) in [6, 6.07) is 1.37. The number of benzene rings is 1. The molecule has 3 rings (SSSR count). The summed E-state index contributed by atoms with van der Waals surface area (Å²) in [5.41, 5.74) is 0.514. The lowest BCUT2D eigenvalue weighted by atomic mass is 10.2. The standard InChI is InChI=1S/C7H5O5P/c1-3-4(8)2-5-7-6(3)11-13(9,10-5)12-7/h2,8H,1H3. The van der Waals surface area contributed by atoms with E-state index >= 15 is 0 Å². The van der Waals surface area contributed by atoms with E-state index in [2.05, 4.69) is 0 Å². The molecule has 6 heteroatoms. The lowest BCUT2D eigenvalue weighted by Crippen LogP contribution is -1.98. The van der Waals surface area contributed by atoms with Crippen molar-refractivity contribution in [1.29, 1.82) is 0 Å². The molecule has 2 bridgehead atoms. The maximum Gasteiger partial charge on any atom is 0.647 e. The van der Waals surface area contributed by atoms with Crippen LogP contribution in [0.15, 0.2) is 6.07 Å². The summed E-state index contributed by atoms with van der Waals surface area (Å²) in [5, 5.41) is 9.37. The Hall–Kier alpha value is -1.35. The van der Waals surface area contributed by atoms with Crippen molar-refractivity contribution >= 4 is 7.82 Å². The Bertz CT molecular complexity index is 460. The van der Waals surface area contributed by atoms with Crippen LogP contribution < -0.4 is 13.6 Å². The minimum atomic E-state index is -3.41. The fraction of sp³-hybridized carbons (Fsp3) is 0.143. The van der Waals surface area contributed by atoms with Gasteiger partial charge in [0.2, 0.25) is 5.75 Å². The van der Waals surface area contributed by atoms with Gasteiger partial charge in [-0.05, 0) is 6.92 Å². The molecule has 68 valence electrons. The van der Waals surface area contributed by atoms with Gasteiger partial charge in [-0.25, -0.2) is 0 Å². The number of hydrogen-bond acceptors (Lipinski definition) is 5. The highest BCUT2D eigenvalue weighted by Gasteiger charge is 2.51. The molecule has 0 amide bonds. The fourth-order valence-electron chi connectivity index (χ4n) is 1.36. The van der Waals surface area contributed by atoms with E-state index < -0.39 is 7.82 Å². The molecule has 1 aromatic carbocycles. The smallest absolute Gasteiger partial charge is 0.507 e. The quantitative estimate of drug-likeness (QED) is 0.648. The van der Waals surface area contributed by atoms with Gasteiger partial charge in [-0.2, -0.15) is 4.57 Å². The average Bonchev–Trinajstić information content (AvgIpc) is 2.53. The second-order valence-electron chi connectivity index (χ2n) is 2.90. The largest absolute Gasteiger partial charge is 0.647 e. The maximum absolute atomic E-state index is 11.4. The lowest BCUT2D eigenvalue weighted by molar-refractivity contribution is 0.350. The number of hydrogen-bond donors (Lipinski definition) is 1. The number of phenols is 1. The molecule has 5 nitrogen and oxygen atoms in total. The molecule has 1 unspecified atom stereocenters. The molecule has 0 aliphatic carbocycles. The van der Waals surface area contributed by atoms with E-state index in [1.54, 1.807) is 6.92 Å². The zero-order valence-electron chi connectivity index (χ0n) is 6.60. The molecule has 0 saturated carbocycles. The van der Waals surface area contributed by atoms with Crippen LogP contribution >= 0.6 is 7.82 Å². The average molecular weight is 200 g/mol. The number of phosphoric acid groups is 1. The third-order valence-corrected chi connectivity index (χ3v) is 3.27. The summed E-state index contributed by atoms with van der Waals surface area (Å²) in [7, 11) is -3.41. The van der Waals surface area contributed by atoms with Crippen molar-refractivity contribution in [1.82, 2.24) is 0 Å². The Morgan fingerprint density at radius 1 is 1.31 bits per heavy atom. The Morgan fingerprint density at radius 3 is 2.69 bits per heavy atom. The van der Waals surface area contributed by atoms with Gasteiger partial charge in [0.05, 0.1) is 0 Å². The van der Waals surface area contributed by atoms with Crippen LogP contribution in [-0.4, -0.2) is 5.11 Å². The van der Waals surface area contributed by atoms with Gasteiger partial charge in [0.1, 0.15) is 5.75 Å². The second kappa shape index (κ2) is 1.77. The van der Waals surface area contributed by atoms with Crippen LogP contribution in [0, 0.1) is 6.92 Å². The number of phosphoric ester groups is 1. The predicted octanol–water partition coefficient (Wildman–Crippen LogP) is 1.97. The zero-order valence-corrected chi connectivity index (χ0v) is 7.50. The van der Waals surface area contributed by atoms with Crippen LogP contribution in [0.4, 0.5) is 0 Å². The van der Waals surface area contributed by atoms with E-state index in [1.165, 1.54) is 6.07 Å². The Kier molecular flexibility index (Phi) is 0.967. The summed E-state index contributed by atoms with van der Waals surface area (Å²) >= 11 is 0. The molecule has 0 radical (unpaired) electrons. The third-order valence-electron chi connectivity index (χ3n) is 2.04. The molecule has 2 aliphatic heterocycles. The van der Waals surface area contributed by atoms with E-state index in [4.69, 9.17) is 13.6 Å². The highest BCUT2D eigenvalue weighted by Crippen LogP contribution is 2.70. The van der Waals surface area contributed by atoms with Gasteiger partial charge in [-0.1, -0.05) is 0 Å². The first-order valence-electron chi connectivity index (χ1n) is 3.64. The van der Waals surface area contributed by atoms with Gasteiger partial charge < -0.3 is 18.7 Å². The van der Waals surface area contributed by atoms with Crippen molar-refractivity contribution in [2.24, 2.45) is 0 Å². The van der Waals surface area contributed by atoms with Gasteiger partial charge in [0.25, 0.3) is 0 Å². The highest BCUT2D eigenvalue weighted by atomic mass is 31.2. The Balaban J connectivity index is 2.39.